The first-order valence-corrected chi connectivity index (χ1v) is 11.0. The molecule has 0 saturated heterocycles. The van der Waals surface area contributed by atoms with Gasteiger partial charge in [0, 0.05) is 29.0 Å². The SMILES string of the molecule is COc1ccccc1[C@@H]1C(C(=O)OC(C)C)=C(C)NC2=C1C(=O)C[C@@H](c1ccccc1)C2. The number of benzene rings is 2. The molecule has 5 heteroatoms. The zero-order chi connectivity index (χ0) is 22.8. The first-order valence-electron chi connectivity index (χ1n) is 11.0. The van der Waals surface area contributed by atoms with Gasteiger partial charge in [0.05, 0.1) is 24.7 Å². The summed E-state index contributed by atoms with van der Waals surface area (Å²) in [6, 6.07) is 17.7. The van der Waals surface area contributed by atoms with E-state index in [0.717, 1.165) is 16.8 Å². The Morgan fingerprint density at radius 3 is 2.41 bits per heavy atom. The second kappa shape index (κ2) is 9.03. The van der Waals surface area contributed by atoms with Crippen LogP contribution in [0.3, 0.4) is 0 Å². The van der Waals surface area contributed by atoms with Gasteiger partial charge in [-0.05, 0) is 44.7 Å². The number of nitrogens with one attached hydrogen (secondary N) is 1. The van der Waals surface area contributed by atoms with Crippen molar-refractivity contribution in [2.75, 3.05) is 7.11 Å². The van der Waals surface area contributed by atoms with E-state index in [4.69, 9.17) is 9.47 Å². The minimum Gasteiger partial charge on any atom is -0.496 e. The van der Waals surface area contributed by atoms with E-state index in [9.17, 15) is 9.59 Å². The van der Waals surface area contributed by atoms with Crippen molar-refractivity contribution in [2.45, 2.75) is 51.6 Å². The Balaban J connectivity index is 1.84. The maximum atomic E-state index is 13.6. The number of esters is 1. The van der Waals surface area contributed by atoms with Crippen LogP contribution in [0.25, 0.3) is 0 Å². The number of dihydropyridines is 1. The first kappa shape index (κ1) is 21.9. The van der Waals surface area contributed by atoms with Gasteiger partial charge in [0.15, 0.2) is 5.78 Å². The molecule has 0 fully saturated rings. The fourth-order valence-electron chi connectivity index (χ4n) is 4.76. The summed E-state index contributed by atoms with van der Waals surface area (Å²) in [6.45, 7) is 5.52. The van der Waals surface area contributed by atoms with Gasteiger partial charge < -0.3 is 14.8 Å². The fourth-order valence-corrected chi connectivity index (χ4v) is 4.76. The molecule has 4 rings (SSSR count). The number of ketones is 1. The molecule has 0 spiro atoms. The zero-order valence-electron chi connectivity index (χ0n) is 19.0. The van der Waals surface area contributed by atoms with Gasteiger partial charge in [0.25, 0.3) is 0 Å². The van der Waals surface area contributed by atoms with Gasteiger partial charge in [-0.15, -0.1) is 0 Å². The molecule has 2 aromatic rings. The summed E-state index contributed by atoms with van der Waals surface area (Å²) in [6.07, 6.45) is 0.850. The van der Waals surface area contributed by atoms with Gasteiger partial charge >= 0.3 is 5.97 Å². The Kier molecular flexibility index (Phi) is 6.17. The average molecular weight is 432 g/mol. The number of rotatable bonds is 5. The summed E-state index contributed by atoms with van der Waals surface area (Å²) in [5.74, 6) is -0.147. The Morgan fingerprint density at radius 1 is 1.03 bits per heavy atom. The Bertz CT molecular complexity index is 1100. The maximum absolute atomic E-state index is 13.6. The first-order chi connectivity index (χ1) is 15.4. The number of Topliss-reactive ketones (excluding diaryl/α,β-unsaturated/α-hetero) is 1. The molecule has 32 heavy (non-hydrogen) atoms. The highest BCUT2D eigenvalue weighted by atomic mass is 16.5. The average Bonchev–Trinajstić information content (AvgIpc) is 2.78. The van der Waals surface area contributed by atoms with Crippen molar-refractivity contribution in [3.8, 4) is 5.75 Å². The lowest BCUT2D eigenvalue weighted by Gasteiger charge is -2.37. The van der Waals surface area contributed by atoms with E-state index in [2.05, 4.69) is 17.4 Å². The maximum Gasteiger partial charge on any atom is 0.337 e. The second-order valence-corrected chi connectivity index (χ2v) is 8.62. The van der Waals surface area contributed by atoms with Crippen LogP contribution in [0.15, 0.2) is 77.1 Å². The van der Waals surface area contributed by atoms with Crippen LogP contribution in [-0.2, 0) is 14.3 Å². The van der Waals surface area contributed by atoms with Crippen LogP contribution in [0.4, 0.5) is 0 Å². The smallest absolute Gasteiger partial charge is 0.337 e. The zero-order valence-corrected chi connectivity index (χ0v) is 19.0. The number of methoxy groups -OCH3 is 1. The van der Waals surface area contributed by atoms with E-state index in [1.165, 1.54) is 0 Å². The van der Waals surface area contributed by atoms with Crippen LogP contribution in [0.1, 0.15) is 56.6 Å². The molecule has 0 bridgehead atoms. The van der Waals surface area contributed by atoms with Crippen LogP contribution in [0, 0.1) is 0 Å². The molecule has 1 aliphatic carbocycles. The monoisotopic (exact) mass is 431 g/mol. The molecule has 2 atom stereocenters. The van der Waals surface area contributed by atoms with Crippen molar-refractivity contribution in [2.24, 2.45) is 0 Å². The van der Waals surface area contributed by atoms with Crippen LogP contribution in [0.2, 0.25) is 0 Å². The van der Waals surface area contributed by atoms with Crippen molar-refractivity contribution >= 4 is 11.8 Å². The lowest BCUT2D eigenvalue weighted by atomic mass is 9.71. The number of hydrogen-bond donors (Lipinski definition) is 1. The van der Waals surface area contributed by atoms with Gasteiger partial charge in [0.2, 0.25) is 0 Å². The molecular weight excluding hydrogens is 402 g/mol. The molecule has 2 aromatic carbocycles. The highest BCUT2D eigenvalue weighted by Gasteiger charge is 2.42. The summed E-state index contributed by atoms with van der Waals surface area (Å²) in [5, 5.41) is 3.39. The number of para-hydroxylation sites is 1. The molecule has 0 saturated carbocycles. The van der Waals surface area contributed by atoms with E-state index < -0.39 is 11.9 Å². The minimum absolute atomic E-state index is 0.0471. The van der Waals surface area contributed by atoms with Gasteiger partial charge in [-0.3, -0.25) is 4.79 Å². The van der Waals surface area contributed by atoms with Crippen LogP contribution in [-0.4, -0.2) is 25.0 Å². The number of carbonyl (C=O) groups excluding carboxylic acids is 2. The summed E-state index contributed by atoms with van der Waals surface area (Å²) in [7, 11) is 1.60. The molecule has 1 N–H and O–H groups in total. The highest BCUT2D eigenvalue weighted by Crippen LogP contribution is 2.47. The second-order valence-electron chi connectivity index (χ2n) is 8.62. The van der Waals surface area contributed by atoms with Crippen molar-refractivity contribution in [3.05, 3.63) is 88.3 Å². The van der Waals surface area contributed by atoms with Crippen molar-refractivity contribution in [1.82, 2.24) is 5.32 Å². The lowest BCUT2D eigenvalue weighted by Crippen LogP contribution is -2.36. The van der Waals surface area contributed by atoms with Crippen molar-refractivity contribution in [3.63, 3.8) is 0 Å². The fraction of sp³-hybridized carbons (Fsp3) is 0.333. The standard InChI is InChI=1S/C27H29NO4/c1-16(2)32-27(30)24-17(3)28-21-14-19(18-10-6-5-7-11-18)15-22(29)26(21)25(24)20-12-8-9-13-23(20)31-4/h5-13,16,19,25,28H,14-15H2,1-4H3/t19-,25+/m0/s1. The van der Waals surface area contributed by atoms with E-state index in [1.807, 2.05) is 63.2 Å². The molecule has 5 nitrogen and oxygen atoms in total. The van der Waals surface area contributed by atoms with E-state index in [0.29, 0.717) is 35.4 Å². The van der Waals surface area contributed by atoms with Crippen LogP contribution >= 0.6 is 0 Å². The van der Waals surface area contributed by atoms with Crippen LogP contribution < -0.4 is 10.1 Å². The Hall–Kier alpha value is -3.34. The largest absolute Gasteiger partial charge is 0.496 e. The third-order valence-corrected chi connectivity index (χ3v) is 6.11. The van der Waals surface area contributed by atoms with Crippen LogP contribution in [0.5, 0.6) is 5.75 Å². The lowest BCUT2D eigenvalue weighted by molar-refractivity contribution is -0.143. The predicted molar refractivity (Wildman–Crippen MR) is 123 cm³/mol. The summed E-state index contributed by atoms with van der Waals surface area (Å²) in [4.78, 5) is 26.8. The summed E-state index contributed by atoms with van der Waals surface area (Å²) >= 11 is 0. The molecule has 2 aliphatic rings. The van der Waals surface area contributed by atoms with Gasteiger partial charge in [-0.1, -0.05) is 48.5 Å². The summed E-state index contributed by atoms with van der Waals surface area (Å²) in [5.41, 5.74) is 4.65. The number of allylic oxidation sites excluding steroid dienone is 3. The van der Waals surface area contributed by atoms with Gasteiger partial charge in [-0.2, -0.15) is 0 Å². The highest BCUT2D eigenvalue weighted by molar-refractivity contribution is 6.04. The van der Waals surface area contributed by atoms with E-state index >= 15 is 0 Å². The van der Waals surface area contributed by atoms with E-state index in [-0.39, 0.29) is 17.8 Å². The topological polar surface area (TPSA) is 64.6 Å². The molecule has 1 aliphatic heterocycles. The molecule has 0 unspecified atom stereocenters. The Labute approximate surface area is 189 Å². The normalized spacial score (nSPS) is 20.7. The quantitative estimate of drug-likeness (QED) is 0.675. The molecule has 1 heterocycles. The molecule has 0 amide bonds. The van der Waals surface area contributed by atoms with Gasteiger partial charge in [-0.25, -0.2) is 4.79 Å². The number of ether oxygens (including phenoxy) is 2. The molecule has 166 valence electrons. The number of hydrogen-bond acceptors (Lipinski definition) is 5. The third-order valence-electron chi connectivity index (χ3n) is 6.11. The Morgan fingerprint density at radius 2 is 1.72 bits per heavy atom. The minimum atomic E-state index is -0.530. The predicted octanol–water partition coefficient (Wildman–Crippen LogP) is 5.01. The molecular formula is C27H29NO4. The van der Waals surface area contributed by atoms with Crippen molar-refractivity contribution in [1.29, 1.82) is 0 Å². The third kappa shape index (κ3) is 4.07. The molecule has 0 aromatic heterocycles. The van der Waals surface area contributed by atoms with Crippen molar-refractivity contribution < 1.29 is 19.1 Å². The van der Waals surface area contributed by atoms with E-state index in [1.54, 1.807) is 7.11 Å². The number of carbonyl (C=O) groups is 2. The molecule has 0 radical (unpaired) electrons. The van der Waals surface area contributed by atoms with Gasteiger partial charge in [0.1, 0.15) is 5.75 Å². The summed E-state index contributed by atoms with van der Waals surface area (Å²) < 4.78 is 11.2.